The van der Waals surface area contributed by atoms with Crippen molar-refractivity contribution < 1.29 is 4.74 Å². The molecule has 1 aliphatic rings. The Morgan fingerprint density at radius 3 is 2.59 bits per heavy atom. The summed E-state index contributed by atoms with van der Waals surface area (Å²) in [5, 5.41) is 3.72. The van der Waals surface area contributed by atoms with E-state index in [9.17, 15) is 0 Å². The van der Waals surface area contributed by atoms with Crippen LogP contribution in [0.3, 0.4) is 0 Å². The molecular weight excluding hydrogens is 210 g/mol. The second kappa shape index (κ2) is 4.34. The number of methoxy groups -OCH3 is 1. The molecule has 0 aliphatic carbocycles. The van der Waals surface area contributed by atoms with E-state index >= 15 is 0 Å². The van der Waals surface area contributed by atoms with Crippen LogP contribution in [0.1, 0.15) is 39.2 Å². The fourth-order valence-corrected chi connectivity index (χ4v) is 2.95. The summed E-state index contributed by atoms with van der Waals surface area (Å²) < 4.78 is 5.34. The zero-order valence-corrected chi connectivity index (χ0v) is 11.3. The molecule has 1 fully saturated rings. The minimum Gasteiger partial charge on any atom is -0.497 e. The van der Waals surface area contributed by atoms with Crippen LogP contribution in [0, 0.1) is 5.41 Å². The predicted octanol–water partition coefficient (Wildman–Crippen LogP) is 3.32. The summed E-state index contributed by atoms with van der Waals surface area (Å²) in [6.07, 6.45) is 2.44. The second-order valence-electron chi connectivity index (χ2n) is 5.92. The predicted molar refractivity (Wildman–Crippen MR) is 71.4 cm³/mol. The Morgan fingerprint density at radius 2 is 2.06 bits per heavy atom. The molecule has 17 heavy (non-hydrogen) atoms. The maximum absolute atomic E-state index is 5.34. The molecular formula is C15H23NO. The number of nitrogens with one attached hydrogen (secondary N) is 1. The molecule has 94 valence electrons. The maximum Gasteiger partial charge on any atom is 0.119 e. The SMILES string of the molecule is COc1cccc(C2(C(C)(C)C)CCCN2)c1. The fourth-order valence-electron chi connectivity index (χ4n) is 2.95. The van der Waals surface area contributed by atoms with E-state index < -0.39 is 0 Å². The minimum atomic E-state index is 0.0849. The van der Waals surface area contributed by atoms with E-state index in [4.69, 9.17) is 4.74 Å². The van der Waals surface area contributed by atoms with Gasteiger partial charge < -0.3 is 10.1 Å². The van der Waals surface area contributed by atoms with E-state index in [0.29, 0.717) is 0 Å². The van der Waals surface area contributed by atoms with Gasteiger partial charge in [-0.25, -0.2) is 0 Å². The third-order valence-corrected chi connectivity index (χ3v) is 4.00. The summed E-state index contributed by atoms with van der Waals surface area (Å²) >= 11 is 0. The quantitative estimate of drug-likeness (QED) is 0.846. The Labute approximate surface area is 104 Å². The minimum absolute atomic E-state index is 0.0849. The van der Waals surface area contributed by atoms with Gasteiger partial charge in [-0.2, -0.15) is 0 Å². The zero-order valence-electron chi connectivity index (χ0n) is 11.3. The van der Waals surface area contributed by atoms with Gasteiger partial charge in [0.25, 0.3) is 0 Å². The smallest absolute Gasteiger partial charge is 0.119 e. The Kier molecular flexibility index (Phi) is 3.17. The van der Waals surface area contributed by atoms with Crippen molar-refractivity contribution >= 4 is 0 Å². The summed E-state index contributed by atoms with van der Waals surface area (Å²) in [4.78, 5) is 0. The summed E-state index contributed by atoms with van der Waals surface area (Å²) in [5.74, 6) is 0.944. The van der Waals surface area contributed by atoms with Crippen LogP contribution in [0.15, 0.2) is 24.3 Å². The van der Waals surface area contributed by atoms with Crippen LogP contribution in [-0.2, 0) is 5.54 Å². The monoisotopic (exact) mass is 233 g/mol. The lowest BCUT2D eigenvalue weighted by Crippen LogP contribution is -2.48. The third kappa shape index (κ3) is 2.06. The van der Waals surface area contributed by atoms with Crippen molar-refractivity contribution in [3.8, 4) is 5.75 Å². The molecule has 2 rings (SSSR count). The highest BCUT2D eigenvalue weighted by atomic mass is 16.5. The van der Waals surface area contributed by atoms with Crippen LogP contribution in [0.4, 0.5) is 0 Å². The summed E-state index contributed by atoms with van der Waals surface area (Å²) in [7, 11) is 1.73. The molecule has 0 amide bonds. The highest BCUT2D eigenvalue weighted by Gasteiger charge is 2.45. The lowest BCUT2D eigenvalue weighted by molar-refractivity contribution is 0.160. The van der Waals surface area contributed by atoms with Crippen LogP contribution in [0.2, 0.25) is 0 Å². The van der Waals surface area contributed by atoms with Gasteiger partial charge in [0.1, 0.15) is 5.75 Å². The van der Waals surface area contributed by atoms with Crippen molar-refractivity contribution in [1.29, 1.82) is 0 Å². The normalized spacial score (nSPS) is 24.9. The van der Waals surface area contributed by atoms with Crippen molar-refractivity contribution in [3.05, 3.63) is 29.8 Å². The van der Waals surface area contributed by atoms with Crippen molar-refractivity contribution in [2.75, 3.05) is 13.7 Å². The van der Waals surface area contributed by atoms with Crippen molar-refractivity contribution in [1.82, 2.24) is 5.32 Å². The Hall–Kier alpha value is -1.02. The topological polar surface area (TPSA) is 21.3 Å². The lowest BCUT2D eigenvalue weighted by atomic mass is 9.68. The second-order valence-corrected chi connectivity index (χ2v) is 5.92. The average Bonchev–Trinajstić information content (AvgIpc) is 2.79. The van der Waals surface area contributed by atoms with E-state index in [0.717, 1.165) is 12.3 Å². The number of benzene rings is 1. The summed E-state index contributed by atoms with van der Waals surface area (Å²) in [6, 6.07) is 8.48. The molecule has 1 aromatic rings. The third-order valence-electron chi connectivity index (χ3n) is 4.00. The van der Waals surface area contributed by atoms with E-state index in [1.54, 1.807) is 7.11 Å². The molecule has 0 radical (unpaired) electrons. The number of hydrogen-bond donors (Lipinski definition) is 1. The molecule has 0 bridgehead atoms. The van der Waals surface area contributed by atoms with Gasteiger partial charge in [-0.15, -0.1) is 0 Å². The Bertz CT molecular complexity index is 386. The van der Waals surface area contributed by atoms with E-state index in [1.165, 1.54) is 18.4 Å². The van der Waals surface area contributed by atoms with Crippen LogP contribution >= 0.6 is 0 Å². The highest BCUT2D eigenvalue weighted by Crippen LogP contribution is 2.45. The molecule has 1 saturated heterocycles. The molecule has 0 saturated carbocycles. The fraction of sp³-hybridized carbons (Fsp3) is 0.600. The highest BCUT2D eigenvalue weighted by molar-refractivity contribution is 5.35. The molecule has 2 nitrogen and oxygen atoms in total. The van der Waals surface area contributed by atoms with Crippen LogP contribution < -0.4 is 10.1 Å². The number of ether oxygens (including phenoxy) is 1. The molecule has 1 aliphatic heterocycles. The molecule has 0 spiro atoms. The van der Waals surface area contributed by atoms with Gasteiger partial charge in [-0.05, 0) is 42.5 Å². The van der Waals surface area contributed by atoms with Crippen molar-refractivity contribution in [3.63, 3.8) is 0 Å². The van der Waals surface area contributed by atoms with E-state index in [2.05, 4.69) is 44.3 Å². The van der Waals surface area contributed by atoms with Gasteiger partial charge in [0.2, 0.25) is 0 Å². The van der Waals surface area contributed by atoms with Gasteiger partial charge in [-0.3, -0.25) is 0 Å². The van der Waals surface area contributed by atoms with Crippen molar-refractivity contribution in [2.45, 2.75) is 39.2 Å². The average molecular weight is 233 g/mol. The first-order valence-corrected chi connectivity index (χ1v) is 6.39. The first kappa shape index (κ1) is 12.4. The molecule has 0 aromatic heterocycles. The lowest BCUT2D eigenvalue weighted by Gasteiger charge is -2.43. The number of rotatable bonds is 2. The maximum atomic E-state index is 5.34. The molecule has 1 unspecified atom stereocenters. The van der Waals surface area contributed by atoms with Crippen LogP contribution in [0.5, 0.6) is 5.75 Å². The van der Waals surface area contributed by atoms with E-state index in [1.807, 2.05) is 6.07 Å². The Morgan fingerprint density at radius 1 is 1.29 bits per heavy atom. The first-order chi connectivity index (χ1) is 7.99. The Balaban J connectivity index is 2.46. The summed E-state index contributed by atoms with van der Waals surface area (Å²) in [5.41, 5.74) is 1.64. The van der Waals surface area contributed by atoms with Gasteiger partial charge in [0.05, 0.1) is 7.11 Å². The van der Waals surface area contributed by atoms with Crippen LogP contribution in [0.25, 0.3) is 0 Å². The van der Waals surface area contributed by atoms with E-state index in [-0.39, 0.29) is 11.0 Å². The van der Waals surface area contributed by atoms with Gasteiger partial charge in [0, 0.05) is 5.54 Å². The van der Waals surface area contributed by atoms with Gasteiger partial charge in [-0.1, -0.05) is 32.9 Å². The standard InChI is InChI=1S/C15H23NO/c1-14(2,3)15(9-6-10-16-15)12-7-5-8-13(11-12)17-4/h5,7-8,11,16H,6,9-10H2,1-4H3. The molecule has 1 aromatic carbocycles. The van der Waals surface area contributed by atoms with Crippen molar-refractivity contribution in [2.24, 2.45) is 5.41 Å². The molecule has 2 heteroatoms. The largest absolute Gasteiger partial charge is 0.497 e. The van der Waals surface area contributed by atoms with Gasteiger partial charge >= 0.3 is 0 Å². The zero-order chi connectivity index (χ0) is 12.5. The summed E-state index contributed by atoms with van der Waals surface area (Å²) in [6.45, 7) is 8.04. The molecule has 1 N–H and O–H groups in total. The number of hydrogen-bond acceptors (Lipinski definition) is 2. The van der Waals surface area contributed by atoms with Crippen LogP contribution in [-0.4, -0.2) is 13.7 Å². The van der Waals surface area contributed by atoms with Gasteiger partial charge in [0.15, 0.2) is 0 Å². The molecule has 1 heterocycles. The first-order valence-electron chi connectivity index (χ1n) is 6.39. The molecule has 1 atom stereocenters.